The molecule has 0 saturated carbocycles. The van der Waals surface area contributed by atoms with E-state index in [0.29, 0.717) is 41.6 Å². The zero-order chi connectivity index (χ0) is 24.8. The van der Waals surface area contributed by atoms with Crippen LogP contribution in [-0.2, 0) is 6.42 Å². The van der Waals surface area contributed by atoms with Gasteiger partial charge in [0.25, 0.3) is 11.8 Å². The predicted molar refractivity (Wildman–Crippen MR) is 132 cm³/mol. The van der Waals surface area contributed by atoms with Gasteiger partial charge in [-0.15, -0.1) is 5.10 Å². The second-order valence-electron chi connectivity index (χ2n) is 9.22. The lowest BCUT2D eigenvalue weighted by Gasteiger charge is -2.32. The van der Waals surface area contributed by atoms with E-state index in [1.54, 1.807) is 23.2 Å². The Morgan fingerprint density at radius 3 is 2.46 bits per heavy atom. The Labute approximate surface area is 205 Å². The van der Waals surface area contributed by atoms with E-state index >= 15 is 0 Å². The molecule has 1 fully saturated rings. The maximum absolute atomic E-state index is 13.1. The van der Waals surface area contributed by atoms with Crippen molar-refractivity contribution in [3.63, 3.8) is 0 Å². The van der Waals surface area contributed by atoms with Crippen LogP contribution in [0.3, 0.4) is 0 Å². The minimum absolute atomic E-state index is 0.131. The average molecular weight is 469 g/mol. The molecule has 0 atom stereocenters. The van der Waals surface area contributed by atoms with Crippen LogP contribution in [0.1, 0.15) is 70.1 Å². The van der Waals surface area contributed by atoms with Gasteiger partial charge in [0.15, 0.2) is 5.82 Å². The number of benzene rings is 1. The molecule has 1 aliphatic heterocycles. The van der Waals surface area contributed by atoms with Gasteiger partial charge in [0.1, 0.15) is 0 Å². The fraction of sp³-hybridized carbons (Fsp3) is 0.333. The second kappa shape index (κ2) is 10.9. The molecule has 0 spiro atoms. The van der Waals surface area contributed by atoms with Crippen molar-refractivity contribution >= 4 is 17.6 Å². The lowest BCUT2D eigenvalue weighted by atomic mass is 9.89. The number of anilines is 1. The van der Waals surface area contributed by atoms with Crippen molar-refractivity contribution in [2.75, 3.05) is 18.4 Å². The molecule has 1 aromatic carbocycles. The fourth-order valence-electron chi connectivity index (χ4n) is 4.26. The highest BCUT2D eigenvalue weighted by molar-refractivity contribution is 6.04. The summed E-state index contributed by atoms with van der Waals surface area (Å²) in [6, 6.07) is 14.9. The fourth-order valence-corrected chi connectivity index (χ4v) is 4.26. The van der Waals surface area contributed by atoms with Crippen LogP contribution in [0.2, 0.25) is 0 Å². The number of aromatic nitrogens is 3. The lowest BCUT2D eigenvalue weighted by Crippen LogP contribution is -2.38. The van der Waals surface area contributed by atoms with Gasteiger partial charge < -0.3 is 10.2 Å². The molecule has 2 amide bonds. The van der Waals surface area contributed by atoms with Crippen LogP contribution in [-0.4, -0.2) is 45.0 Å². The van der Waals surface area contributed by atoms with Gasteiger partial charge in [-0.3, -0.25) is 14.6 Å². The van der Waals surface area contributed by atoms with Gasteiger partial charge in [-0.1, -0.05) is 26.0 Å². The largest absolute Gasteiger partial charge is 0.339 e. The third-order valence-corrected chi connectivity index (χ3v) is 6.14. The van der Waals surface area contributed by atoms with Crippen molar-refractivity contribution in [3.8, 4) is 6.07 Å². The van der Waals surface area contributed by atoms with Gasteiger partial charge in [-0.25, -0.2) is 0 Å². The number of carbonyl (C=O) groups is 2. The van der Waals surface area contributed by atoms with E-state index in [1.807, 2.05) is 30.3 Å². The molecule has 178 valence electrons. The van der Waals surface area contributed by atoms with Crippen LogP contribution in [0.4, 0.5) is 5.82 Å². The molecule has 1 N–H and O–H groups in total. The number of nitrogens with one attached hydrogen (secondary N) is 1. The highest BCUT2D eigenvalue weighted by Crippen LogP contribution is 2.29. The first-order valence-corrected chi connectivity index (χ1v) is 11.8. The first-order valence-electron chi connectivity index (χ1n) is 11.8. The molecule has 4 rings (SSSR count). The SMILES string of the molecule is CC(C)Cc1ccc(C(=O)Nc2cc(C(=O)N3CCC(c4ccc(C#N)cc4)CC3)cnn2)cn1. The molecule has 3 heterocycles. The highest BCUT2D eigenvalue weighted by atomic mass is 16.2. The standard InChI is InChI=1S/C27H28N6O2/c1-18(2)13-24-8-7-22(16-29-24)26(34)31-25-14-23(17-30-32-25)27(35)33-11-9-21(10-12-33)20-5-3-19(15-28)4-6-20/h3-8,14,16-18,21H,9-13H2,1-2H3,(H,31,32,34). The van der Waals surface area contributed by atoms with Crippen molar-refractivity contribution in [1.29, 1.82) is 5.26 Å². The number of nitriles is 1. The molecule has 0 unspecified atom stereocenters. The van der Waals surface area contributed by atoms with Gasteiger partial charge in [0.05, 0.1) is 29.0 Å². The number of rotatable bonds is 6. The summed E-state index contributed by atoms with van der Waals surface area (Å²) in [6.45, 7) is 5.49. The van der Waals surface area contributed by atoms with E-state index in [-0.39, 0.29) is 17.6 Å². The molecule has 3 aromatic rings. The van der Waals surface area contributed by atoms with Gasteiger partial charge in [0.2, 0.25) is 0 Å². The highest BCUT2D eigenvalue weighted by Gasteiger charge is 2.25. The summed E-state index contributed by atoms with van der Waals surface area (Å²) in [5, 5.41) is 19.6. The number of likely N-dealkylation sites (tertiary alicyclic amines) is 1. The quantitative estimate of drug-likeness (QED) is 0.580. The van der Waals surface area contributed by atoms with Crippen LogP contribution in [0, 0.1) is 17.2 Å². The Balaban J connectivity index is 1.35. The number of pyridine rings is 1. The summed E-state index contributed by atoms with van der Waals surface area (Å²) >= 11 is 0. The summed E-state index contributed by atoms with van der Waals surface area (Å²) in [5.41, 5.74) is 3.58. The van der Waals surface area contributed by atoms with Crippen molar-refractivity contribution < 1.29 is 9.59 Å². The molecule has 1 aliphatic rings. The summed E-state index contributed by atoms with van der Waals surface area (Å²) < 4.78 is 0. The van der Waals surface area contributed by atoms with Crippen LogP contribution >= 0.6 is 0 Å². The van der Waals surface area contributed by atoms with Crippen LogP contribution < -0.4 is 5.32 Å². The molecule has 1 saturated heterocycles. The van der Waals surface area contributed by atoms with E-state index in [0.717, 1.165) is 25.0 Å². The molecular weight excluding hydrogens is 440 g/mol. The van der Waals surface area contributed by atoms with Crippen LogP contribution in [0.5, 0.6) is 0 Å². The molecule has 8 heteroatoms. The molecule has 35 heavy (non-hydrogen) atoms. The van der Waals surface area contributed by atoms with Crippen LogP contribution in [0.25, 0.3) is 0 Å². The smallest absolute Gasteiger partial charge is 0.258 e. The second-order valence-corrected chi connectivity index (χ2v) is 9.22. The number of nitrogens with zero attached hydrogens (tertiary/aromatic N) is 5. The van der Waals surface area contributed by atoms with E-state index in [1.165, 1.54) is 11.8 Å². The van der Waals surface area contributed by atoms with Gasteiger partial charge in [-0.05, 0) is 67.0 Å². The van der Waals surface area contributed by atoms with Crippen molar-refractivity contribution in [1.82, 2.24) is 20.1 Å². The molecular formula is C27H28N6O2. The minimum atomic E-state index is -0.351. The molecule has 8 nitrogen and oxygen atoms in total. The Bertz CT molecular complexity index is 1220. The van der Waals surface area contributed by atoms with Gasteiger partial charge in [-0.2, -0.15) is 10.4 Å². The number of piperidine rings is 1. The maximum atomic E-state index is 13.1. The summed E-state index contributed by atoms with van der Waals surface area (Å²) in [4.78, 5) is 31.8. The summed E-state index contributed by atoms with van der Waals surface area (Å²) in [7, 11) is 0. The Morgan fingerprint density at radius 2 is 1.83 bits per heavy atom. The molecule has 0 bridgehead atoms. The Kier molecular flexibility index (Phi) is 7.46. The zero-order valence-electron chi connectivity index (χ0n) is 19.9. The average Bonchev–Trinajstić information content (AvgIpc) is 2.88. The maximum Gasteiger partial charge on any atom is 0.258 e. The molecule has 0 radical (unpaired) electrons. The van der Waals surface area contributed by atoms with Gasteiger partial charge >= 0.3 is 0 Å². The van der Waals surface area contributed by atoms with Crippen molar-refractivity contribution in [3.05, 3.63) is 82.8 Å². The number of hydrogen-bond donors (Lipinski definition) is 1. The number of amides is 2. The predicted octanol–water partition coefficient (Wildman–Crippen LogP) is 4.21. The number of carbonyl (C=O) groups excluding carboxylic acids is 2. The van der Waals surface area contributed by atoms with Crippen LogP contribution in [0.15, 0.2) is 54.9 Å². The van der Waals surface area contributed by atoms with E-state index in [2.05, 4.69) is 40.4 Å². The zero-order valence-corrected chi connectivity index (χ0v) is 19.9. The molecule has 0 aliphatic carbocycles. The Morgan fingerprint density at radius 1 is 1.09 bits per heavy atom. The summed E-state index contributed by atoms with van der Waals surface area (Å²) in [6.07, 6.45) is 5.52. The number of hydrogen-bond acceptors (Lipinski definition) is 6. The van der Waals surface area contributed by atoms with E-state index in [4.69, 9.17) is 5.26 Å². The molecule has 2 aromatic heterocycles. The van der Waals surface area contributed by atoms with Crippen molar-refractivity contribution in [2.45, 2.75) is 39.0 Å². The minimum Gasteiger partial charge on any atom is -0.339 e. The first kappa shape index (κ1) is 24.0. The van der Waals surface area contributed by atoms with Crippen molar-refractivity contribution in [2.24, 2.45) is 5.92 Å². The normalized spacial score (nSPS) is 13.9. The third kappa shape index (κ3) is 6.07. The Hall–Kier alpha value is -4.12. The van der Waals surface area contributed by atoms with E-state index < -0.39 is 0 Å². The lowest BCUT2D eigenvalue weighted by molar-refractivity contribution is 0.0712. The monoisotopic (exact) mass is 468 g/mol. The first-order chi connectivity index (χ1) is 16.9. The summed E-state index contributed by atoms with van der Waals surface area (Å²) in [5.74, 6) is 0.584. The topological polar surface area (TPSA) is 112 Å². The third-order valence-electron chi connectivity index (χ3n) is 6.14. The van der Waals surface area contributed by atoms with E-state index in [9.17, 15) is 9.59 Å². The van der Waals surface area contributed by atoms with Gasteiger partial charge in [0, 0.05) is 25.0 Å².